The molecule has 29 heavy (non-hydrogen) atoms. The van der Waals surface area contributed by atoms with E-state index in [1.54, 1.807) is 12.4 Å². The van der Waals surface area contributed by atoms with Gasteiger partial charge in [0.1, 0.15) is 23.2 Å². The number of halogens is 2. The highest BCUT2D eigenvalue weighted by atomic mass is 19.1. The molecule has 1 saturated heterocycles. The normalized spacial score (nSPS) is 16.5. The van der Waals surface area contributed by atoms with Crippen LogP contribution in [0.5, 0.6) is 0 Å². The number of amidine groups is 1. The van der Waals surface area contributed by atoms with Crippen molar-refractivity contribution in [3.05, 3.63) is 47.8 Å². The molecule has 8 nitrogen and oxygen atoms in total. The summed E-state index contributed by atoms with van der Waals surface area (Å²) in [5.74, 6) is -0.543. The molecule has 5 rings (SSSR count). The highest BCUT2D eigenvalue weighted by Crippen LogP contribution is 2.36. The number of hydrogen-bond acceptors (Lipinski definition) is 7. The van der Waals surface area contributed by atoms with Crippen LogP contribution in [0.1, 0.15) is 5.56 Å². The third-order valence-electron chi connectivity index (χ3n) is 5.11. The number of H-pyrrole nitrogens is 1. The van der Waals surface area contributed by atoms with Crippen LogP contribution in [0.2, 0.25) is 0 Å². The molecular formula is C19H18F2N8. The molecule has 1 aromatic carbocycles. The molecule has 148 valence electrons. The molecule has 2 N–H and O–H groups in total. The largest absolute Gasteiger partial charge is 0.338 e. The van der Waals surface area contributed by atoms with Gasteiger partial charge < -0.3 is 15.1 Å². The van der Waals surface area contributed by atoms with Gasteiger partial charge in [0.2, 0.25) is 5.95 Å². The SMILES string of the molecule is CN1CCN(c2ncc3c(n2)N=C(c2c(F)cccc2F)Nc2c[nH]nc2-3)CC1. The van der Waals surface area contributed by atoms with Gasteiger partial charge in [-0.25, -0.2) is 18.8 Å². The van der Waals surface area contributed by atoms with Crippen LogP contribution >= 0.6 is 0 Å². The third kappa shape index (κ3) is 3.11. The van der Waals surface area contributed by atoms with E-state index in [1.165, 1.54) is 18.2 Å². The summed E-state index contributed by atoms with van der Waals surface area (Å²) in [7, 11) is 2.07. The van der Waals surface area contributed by atoms with Crippen molar-refractivity contribution in [1.82, 2.24) is 25.1 Å². The zero-order valence-electron chi connectivity index (χ0n) is 15.7. The molecule has 0 atom stereocenters. The van der Waals surface area contributed by atoms with Gasteiger partial charge in [0.05, 0.1) is 16.8 Å². The summed E-state index contributed by atoms with van der Waals surface area (Å²) in [4.78, 5) is 17.9. The van der Waals surface area contributed by atoms with E-state index >= 15 is 0 Å². The van der Waals surface area contributed by atoms with Gasteiger partial charge in [0.15, 0.2) is 5.82 Å². The van der Waals surface area contributed by atoms with Gasteiger partial charge in [0, 0.05) is 38.6 Å². The van der Waals surface area contributed by atoms with Gasteiger partial charge in [-0.15, -0.1) is 0 Å². The lowest BCUT2D eigenvalue weighted by Crippen LogP contribution is -2.45. The van der Waals surface area contributed by atoms with E-state index in [1.807, 2.05) is 0 Å². The predicted octanol–water partition coefficient (Wildman–Crippen LogP) is 2.40. The summed E-state index contributed by atoms with van der Waals surface area (Å²) >= 11 is 0. The average molecular weight is 396 g/mol. The summed E-state index contributed by atoms with van der Waals surface area (Å²) in [6.07, 6.45) is 3.26. The minimum absolute atomic E-state index is 0.0324. The van der Waals surface area contributed by atoms with Crippen LogP contribution < -0.4 is 10.2 Å². The average Bonchev–Trinajstić information content (AvgIpc) is 3.10. The Morgan fingerprint density at radius 2 is 1.83 bits per heavy atom. The maximum atomic E-state index is 14.4. The summed E-state index contributed by atoms with van der Waals surface area (Å²) < 4.78 is 28.8. The Morgan fingerprint density at radius 1 is 1.07 bits per heavy atom. The van der Waals surface area contributed by atoms with Crippen molar-refractivity contribution in [2.45, 2.75) is 0 Å². The number of nitrogens with one attached hydrogen (secondary N) is 2. The first-order chi connectivity index (χ1) is 14.1. The predicted molar refractivity (Wildman–Crippen MR) is 106 cm³/mol. The van der Waals surface area contributed by atoms with Gasteiger partial charge in [-0.3, -0.25) is 5.10 Å². The Labute approximate surface area is 165 Å². The molecule has 10 heteroatoms. The number of benzene rings is 1. The number of anilines is 2. The van der Waals surface area contributed by atoms with E-state index in [0.29, 0.717) is 28.7 Å². The molecular weight excluding hydrogens is 378 g/mol. The summed E-state index contributed by atoms with van der Waals surface area (Å²) in [6, 6.07) is 3.71. The standard InChI is InChI=1S/C19H18F2N8/c1-28-5-7-29(8-6-28)19-22-9-11-16-14(10-23-27-16)24-18(25-17(11)26-19)15-12(20)3-2-4-13(15)21/h2-4,9-10H,5-8H2,1H3,(H,23,27)(H,22,24,25,26). The van der Waals surface area contributed by atoms with E-state index in [9.17, 15) is 8.78 Å². The number of hydrogen-bond donors (Lipinski definition) is 2. The van der Waals surface area contributed by atoms with Crippen molar-refractivity contribution in [3.63, 3.8) is 0 Å². The van der Waals surface area contributed by atoms with Gasteiger partial charge >= 0.3 is 0 Å². The van der Waals surface area contributed by atoms with E-state index in [0.717, 1.165) is 26.2 Å². The van der Waals surface area contributed by atoms with E-state index in [4.69, 9.17) is 0 Å². The summed E-state index contributed by atoms with van der Waals surface area (Å²) in [6.45, 7) is 3.39. The van der Waals surface area contributed by atoms with Crippen LogP contribution in [0.3, 0.4) is 0 Å². The lowest BCUT2D eigenvalue weighted by atomic mass is 10.1. The highest BCUT2D eigenvalue weighted by Gasteiger charge is 2.26. The first-order valence-electron chi connectivity index (χ1n) is 9.25. The molecule has 0 aliphatic carbocycles. The zero-order valence-corrected chi connectivity index (χ0v) is 15.7. The van der Waals surface area contributed by atoms with Crippen LogP contribution in [0, 0.1) is 11.6 Å². The monoisotopic (exact) mass is 396 g/mol. The fraction of sp³-hybridized carbons (Fsp3) is 0.263. The minimum Gasteiger partial charge on any atom is -0.338 e. The number of likely N-dealkylation sites (N-methyl/N-ethyl adjacent to an activating group) is 1. The molecule has 0 spiro atoms. The number of nitrogens with zero attached hydrogens (tertiary/aromatic N) is 6. The highest BCUT2D eigenvalue weighted by molar-refractivity contribution is 6.12. The second-order valence-corrected chi connectivity index (χ2v) is 7.03. The fourth-order valence-corrected chi connectivity index (χ4v) is 3.47. The fourth-order valence-electron chi connectivity index (χ4n) is 3.47. The van der Waals surface area contributed by atoms with Gasteiger partial charge in [-0.2, -0.15) is 10.1 Å². The van der Waals surface area contributed by atoms with Crippen LogP contribution in [0.15, 0.2) is 35.6 Å². The number of rotatable bonds is 2. The Morgan fingerprint density at radius 3 is 2.59 bits per heavy atom. The zero-order chi connectivity index (χ0) is 20.0. The van der Waals surface area contributed by atoms with Crippen molar-refractivity contribution in [2.75, 3.05) is 43.4 Å². The molecule has 4 heterocycles. The molecule has 1 fully saturated rings. The Bertz CT molecular complexity index is 1080. The molecule has 0 amide bonds. The van der Waals surface area contributed by atoms with Crippen LogP contribution in [0.4, 0.5) is 26.2 Å². The maximum absolute atomic E-state index is 14.4. The van der Waals surface area contributed by atoms with Gasteiger partial charge in [-0.1, -0.05) is 6.07 Å². The molecule has 2 aliphatic rings. The first kappa shape index (κ1) is 17.7. The second-order valence-electron chi connectivity index (χ2n) is 7.03. The Balaban J connectivity index is 1.64. The number of aliphatic imine (C=N–C) groups is 1. The van der Waals surface area contributed by atoms with Crippen molar-refractivity contribution >= 4 is 23.3 Å². The molecule has 2 aliphatic heterocycles. The molecule has 0 radical (unpaired) electrons. The molecule has 2 aromatic heterocycles. The topological polar surface area (TPSA) is 85.3 Å². The third-order valence-corrected chi connectivity index (χ3v) is 5.11. The number of fused-ring (bicyclic) bond motifs is 3. The van der Waals surface area contributed by atoms with Crippen LogP contribution in [0.25, 0.3) is 11.3 Å². The minimum atomic E-state index is -0.710. The van der Waals surface area contributed by atoms with E-state index < -0.39 is 11.6 Å². The van der Waals surface area contributed by atoms with Crippen LogP contribution in [-0.2, 0) is 0 Å². The maximum Gasteiger partial charge on any atom is 0.227 e. The molecule has 3 aromatic rings. The van der Waals surface area contributed by atoms with Crippen LogP contribution in [-0.4, -0.2) is 64.1 Å². The molecule has 0 bridgehead atoms. The van der Waals surface area contributed by atoms with Gasteiger partial charge in [0.25, 0.3) is 0 Å². The molecule has 0 unspecified atom stereocenters. The lowest BCUT2D eigenvalue weighted by molar-refractivity contribution is 0.311. The lowest BCUT2D eigenvalue weighted by Gasteiger charge is -2.32. The number of piperazine rings is 1. The smallest absolute Gasteiger partial charge is 0.227 e. The molecule has 0 saturated carbocycles. The van der Waals surface area contributed by atoms with Gasteiger partial charge in [-0.05, 0) is 19.2 Å². The van der Waals surface area contributed by atoms with E-state index in [2.05, 4.69) is 47.3 Å². The summed E-state index contributed by atoms with van der Waals surface area (Å²) in [5.41, 5.74) is 1.42. The number of aromatic nitrogens is 4. The van der Waals surface area contributed by atoms with Crippen molar-refractivity contribution in [3.8, 4) is 11.3 Å². The Hall–Kier alpha value is -3.40. The van der Waals surface area contributed by atoms with Crippen molar-refractivity contribution in [1.29, 1.82) is 0 Å². The van der Waals surface area contributed by atoms with Crippen molar-refractivity contribution in [2.24, 2.45) is 4.99 Å². The van der Waals surface area contributed by atoms with Crippen molar-refractivity contribution < 1.29 is 8.78 Å². The summed E-state index contributed by atoms with van der Waals surface area (Å²) in [5, 5.41) is 9.98. The van der Waals surface area contributed by atoms with E-state index in [-0.39, 0.29) is 11.4 Å². The second kappa shape index (κ2) is 6.89. The first-order valence-corrected chi connectivity index (χ1v) is 9.25. The number of aromatic amines is 1. The Kier molecular flexibility index (Phi) is 4.20. The quantitative estimate of drug-likeness (QED) is 0.692.